The SMILES string of the molecule is C=C(C)S(=O)(=O)N(C=[N+]1C(C)C(F)(F)C(F)(F)C1C)C1=CC(Cl)=CCC=C1.C=C/C(=C\C)C(C)(F)F.CC. The van der Waals surface area contributed by atoms with Crippen molar-refractivity contribution in [3.63, 3.8) is 0 Å². The number of halogens is 7. The van der Waals surface area contributed by atoms with Crippen LogP contribution < -0.4 is 0 Å². The number of hydrogen-bond donors (Lipinski definition) is 0. The van der Waals surface area contributed by atoms with E-state index in [0.29, 0.717) is 15.3 Å². The van der Waals surface area contributed by atoms with Gasteiger partial charge in [0.2, 0.25) is 0 Å². The molecule has 2 unspecified atom stereocenters. The molecule has 0 bridgehead atoms. The van der Waals surface area contributed by atoms with Crippen LogP contribution in [0.15, 0.2) is 70.8 Å². The van der Waals surface area contributed by atoms with E-state index in [1.165, 1.54) is 31.2 Å². The number of sulfonamides is 1. The molecular formula is C26H36ClF6N2O2S+. The second-order valence-corrected chi connectivity index (χ2v) is 10.8. The van der Waals surface area contributed by atoms with Gasteiger partial charge in [0.1, 0.15) is 5.70 Å². The van der Waals surface area contributed by atoms with E-state index in [1.54, 1.807) is 19.1 Å². The molecule has 0 spiro atoms. The van der Waals surface area contributed by atoms with Crippen LogP contribution in [0.25, 0.3) is 0 Å². The highest BCUT2D eigenvalue weighted by molar-refractivity contribution is 7.93. The summed E-state index contributed by atoms with van der Waals surface area (Å²) in [6.07, 6.45) is 9.66. The minimum absolute atomic E-state index is 0.0229. The van der Waals surface area contributed by atoms with E-state index in [9.17, 15) is 34.8 Å². The van der Waals surface area contributed by atoms with Crippen molar-refractivity contribution in [2.24, 2.45) is 0 Å². The number of hydrogen-bond acceptors (Lipinski definition) is 2. The topological polar surface area (TPSA) is 40.4 Å². The Kier molecular flexibility index (Phi) is 12.9. The van der Waals surface area contributed by atoms with E-state index in [-0.39, 0.29) is 21.2 Å². The maximum absolute atomic E-state index is 14.0. The standard InChI is InChI=1S/C17H20ClF4N2O2S.C7H10F2.C2H6/c1-11(2)27(25,26)24(15-8-6-5-7-14(18)9-15)10-23-12(3)16(19,20)17(21,22)13(23)4;1-4-6(5-2)7(3,8)9;1-2/h6-10,12-13H,1,5H2,2-4H3;4-5H,1H2,2-3H3;1-2H3/q+1;;/b;6-5+;. The van der Waals surface area contributed by atoms with Crippen LogP contribution in [0.4, 0.5) is 26.3 Å². The number of rotatable bonds is 6. The van der Waals surface area contributed by atoms with Gasteiger partial charge in [-0.15, -0.1) is 4.31 Å². The highest BCUT2D eigenvalue weighted by Crippen LogP contribution is 2.47. The second-order valence-electron chi connectivity index (χ2n) is 8.30. The van der Waals surface area contributed by atoms with Crippen LogP contribution in [0.1, 0.15) is 54.9 Å². The molecule has 216 valence electrons. The predicted molar refractivity (Wildman–Crippen MR) is 142 cm³/mol. The van der Waals surface area contributed by atoms with Gasteiger partial charge in [0, 0.05) is 23.6 Å². The Morgan fingerprint density at radius 2 is 1.66 bits per heavy atom. The maximum atomic E-state index is 14.0. The molecule has 0 saturated carbocycles. The lowest BCUT2D eigenvalue weighted by atomic mass is 10.1. The second kappa shape index (κ2) is 13.7. The van der Waals surface area contributed by atoms with Crippen molar-refractivity contribution in [3.05, 3.63) is 70.8 Å². The largest absolute Gasteiger partial charge is 0.353 e. The van der Waals surface area contributed by atoms with Gasteiger partial charge in [0.25, 0.3) is 12.3 Å². The fourth-order valence-corrected chi connectivity index (χ4v) is 4.49. The van der Waals surface area contributed by atoms with Crippen LogP contribution in [0, 0.1) is 0 Å². The molecule has 2 aliphatic rings. The van der Waals surface area contributed by atoms with E-state index in [2.05, 4.69) is 13.2 Å². The normalized spacial score (nSPS) is 22.5. The van der Waals surface area contributed by atoms with E-state index in [1.807, 2.05) is 13.8 Å². The zero-order chi connectivity index (χ0) is 30.3. The summed E-state index contributed by atoms with van der Waals surface area (Å²) in [6, 6.07) is -3.85. The highest BCUT2D eigenvalue weighted by Gasteiger charge is 2.73. The number of allylic oxidation sites excluding steroid dienone is 9. The minimum Gasteiger partial charge on any atom is -0.249 e. The van der Waals surface area contributed by atoms with Crippen molar-refractivity contribution in [2.45, 2.75) is 84.7 Å². The van der Waals surface area contributed by atoms with Gasteiger partial charge in [-0.25, -0.2) is 13.4 Å². The molecule has 1 heterocycles. The zero-order valence-electron chi connectivity index (χ0n) is 22.6. The van der Waals surface area contributed by atoms with Gasteiger partial charge in [-0.05, 0) is 40.2 Å². The van der Waals surface area contributed by atoms with Crippen molar-refractivity contribution < 1.29 is 39.3 Å². The molecule has 0 aromatic heterocycles. The molecule has 4 nitrogen and oxygen atoms in total. The van der Waals surface area contributed by atoms with Crippen molar-refractivity contribution >= 4 is 28.0 Å². The summed E-state index contributed by atoms with van der Waals surface area (Å²) in [5, 5.41) is 0.225. The molecule has 0 amide bonds. The van der Waals surface area contributed by atoms with Gasteiger partial charge in [0.05, 0.1) is 4.91 Å². The lowest BCUT2D eigenvalue weighted by Crippen LogP contribution is -2.44. The number of alkyl halides is 6. The van der Waals surface area contributed by atoms with Crippen LogP contribution >= 0.6 is 11.6 Å². The number of nitrogens with zero attached hydrogens (tertiary/aromatic N) is 2. The van der Waals surface area contributed by atoms with Crippen LogP contribution in [0.2, 0.25) is 0 Å². The van der Waals surface area contributed by atoms with Gasteiger partial charge in [-0.1, -0.05) is 62.9 Å². The van der Waals surface area contributed by atoms with Gasteiger partial charge >= 0.3 is 21.9 Å². The Morgan fingerprint density at radius 3 is 2.00 bits per heavy atom. The van der Waals surface area contributed by atoms with Gasteiger partial charge in [-0.2, -0.15) is 26.0 Å². The summed E-state index contributed by atoms with van der Waals surface area (Å²) in [7, 11) is -4.24. The first-order valence-electron chi connectivity index (χ1n) is 11.8. The summed E-state index contributed by atoms with van der Waals surface area (Å²) < 4.78 is 107. The van der Waals surface area contributed by atoms with Crippen LogP contribution in [0.5, 0.6) is 0 Å². The Hall–Kier alpha value is -2.27. The molecule has 2 rings (SSSR count). The lowest BCUT2D eigenvalue weighted by Gasteiger charge is -2.18. The first kappa shape index (κ1) is 35.7. The van der Waals surface area contributed by atoms with Gasteiger partial charge in [-0.3, -0.25) is 0 Å². The Morgan fingerprint density at radius 1 is 1.18 bits per heavy atom. The highest BCUT2D eigenvalue weighted by atomic mass is 35.5. The molecule has 38 heavy (non-hydrogen) atoms. The van der Waals surface area contributed by atoms with E-state index in [4.69, 9.17) is 11.6 Å². The summed E-state index contributed by atoms with van der Waals surface area (Å²) in [6.45, 7) is 16.1. The third-order valence-electron chi connectivity index (χ3n) is 5.64. The lowest BCUT2D eigenvalue weighted by molar-refractivity contribution is -0.585. The van der Waals surface area contributed by atoms with E-state index >= 15 is 0 Å². The molecule has 0 aromatic carbocycles. The van der Waals surface area contributed by atoms with E-state index < -0.39 is 39.9 Å². The quantitative estimate of drug-likeness (QED) is 0.136. The molecule has 1 aliphatic heterocycles. The first-order chi connectivity index (χ1) is 17.3. The molecule has 1 aliphatic carbocycles. The fourth-order valence-electron chi connectivity index (χ4n) is 3.33. The van der Waals surface area contributed by atoms with E-state index in [0.717, 1.165) is 27.1 Å². The summed E-state index contributed by atoms with van der Waals surface area (Å²) in [5.74, 6) is -11.4. The van der Waals surface area contributed by atoms with Gasteiger partial charge < -0.3 is 0 Å². The molecular weight excluding hydrogens is 554 g/mol. The molecule has 1 saturated heterocycles. The minimum atomic E-state index is -4.33. The predicted octanol–water partition coefficient (Wildman–Crippen LogP) is 8.02. The Balaban J connectivity index is 0.00000105. The maximum Gasteiger partial charge on any atom is 0.353 e. The van der Waals surface area contributed by atoms with Gasteiger partial charge in [0.15, 0.2) is 12.1 Å². The van der Waals surface area contributed by atoms with Crippen LogP contribution in [-0.4, -0.2) is 53.5 Å². The van der Waals surface area contributed by atoms with Crippen molar-refractivity contribution in [1.29, 1.82) is 0 Å². The molecule has 0 radical (unpaired) electrons. The molecule has 0 aromatic rings. The molecule has 12 heteroatoms. The first-order valence-corrected chi connectivity index (χ1v) is 13.6. The summed E-state index contributed by atoms with van der Waals surface area (Å²) >= 11 is 5.99. The zero-order valence-corrected chi connectivity index (χ0v) is 24.2. The molecule has 2 atom stereocenters. The monoisotopic (exact) mass is 589 g/mol. The third kappa shape index (κ3) is 7.88. The summed E-state index contributed by atoms with van der Waals surface area (Å²) in [4.78, 5) is -0.282. The average Bonchev–Trinajstić information content (AvgIpc) is 2.98. The summed E-state index contributed by atoms with van der Waals surface area (Å²) in [5.41, 5.74) is -0.00261. The Bertz CT molecular complexity index is 1110. The smallest absolute Gasteiger partial charge is 0.249 e. The Labute approximate surface area is 227 Å². The average molecular weight is 590 g/mol. The molecule has 0 N–H and O–H groups in total. The van der Waals surface area contributed by atoms with Crippen LogP contribution in [-0.2, 0) is 10.0 Å². The third-order valence-corrected chi connectivity index (χ3v) is 7.61. The fraction of sp³-hybridized carbons (Fsp3) is 0.500. The van der Waals surface area contributed by atoms with Crippen molar-refractivity contribution in [2.75, 3.05) is 0 Å². The molecule has 1 fully saturated rings. The van der Waals surface area contributed by atoms with Crippen molar-refractivity contribution in [3.8, 4) is 0 Å². The van der Waals surface area contributed by atoms with Crippen LogP contribution in [0.3, 0.4) is 0 Å². The van der Waals surface area contributed by atoms with Crippen molar-refractivity contribution in [1.82, 2.24) is 4.31 Å².